The number of carbonyl (C=O) groups is 1. The first kappa shape index (κ1) is 21.6. The highest BCUT2D eigenvalue weighted by atomic mass is 16.4. The third-order valence-corrected chi connectivity index (χ3v) is 6.15. The van der Waals surface area contributed by atoms with Crippen molar-refractivity contribution in [1.29, 1.82) is 0 Å². The minimum atomic E-state index is -0.922. The van der Waals surface area contributed by atoms with Crippen LogP contribution >= 0.6 is 0 Å². The predicted molar refractivity (Wildman–Crippen MR) is 134 cm³/mol. The summed E-state index contributed by atoms with van der Waals surface area (Å²) in [6, 6.07) is 27.5. The van der Waals surface area contributed by atoms with E-state index in [1.807, 2.05) is 47.0 Å². The summed E-state index contributed by atoms with van der Waals surface area (Å²) in [7, 11) is 0. The summed E-state index contributed by atoms with van der Waals surface area (Å²) in [6.07, 6.45) is 1.53. The van der Waals surface area contributed by atoms with Gasteiger partial charge in [0.15, 0.2) is 5.65 Å². The summed E-state index contributed by atoms with van der Waals surface area (Å²) >= 11 is 0. The number of nitrogens with zero attached hydrogens (tertiary/aromatic N) is 3. The first-order chi connectivity index (χ1) is 16.5. The second-order valence-electron chi connectivity index (χ2n) is 8.39. The fourth-order valence-corrected chi connectivity index (χ4v) is 4.40. The molecule has 0 atom stereocenters. The van der Waals surface area contributed by atoms with Crippen molar-refractivity contribution in [3.05, 3.63) is 113 Å². The number of aryl methyl sites for hydroxylation is 2. The standard InChI is InChI=1S/C29H25N3O2/c1-3-26-25(28-30-27(17-19(2)32(28)31-26)22-9-5-4-6-10-22)18-20-13-15-21(16-14-20)23-11-7-8-12-24(23)29(33)34/h4-17H,3,18H2,1-2H3,(H,33,34). The number of aromatic nitrogens is 3. The molecule has 2 aromatic heterocycles. The average molecular weight is 448 g/mol. The Morgan fingerprint density at radius 2 is 1.62 bits per heavy atom. The van der Waals surface area contributed by atoms with Gasteiger partial charge in [-0.2, -0.15) is 5.10 Å². The zero-order chi connectivity index (χ0) is 23.7. The summed E-state index contributed by atoms with van der Waals surface area (Å²) < 4.78 is 1.94. The monoisotopic (exact) mass is 447 g/mol. The van der Waals surface area contributed by atoms with Crippen molar-refractivity contribution in [3.63, 3.8) is 0 Å². The average Bonchev–Trinajstić information content (AvgIpc) is 3.23. The number of fused-ring (bicyclic) bond motifs is 1. The van der Waals surface area contributed by atoms with E-state index in [-0.39, 0.29) is 0 Å². The minimum absolute atomic E-state index is 0.305. The van der Waals surface area contributed by atoms with Crippen molar-refractivity contribution in [3.8, 4) is 22.4 Å². The number of hydrogen-bond donors (Lipinski definition) is 1. The molecule has 0 fully saturated rings. The van der Waals surface area contributed by atoms with Crippen LogP contribution in [-0.4, -0.2) is 25.7 Å². The first-order valence-electron chi connectivity index (χ1n) is 11.4. The quantitative estimate of drug-likeness (QED) is 0.335. The first-order valence-corrected chi connectivity index (χ1v) is 11.4. The molecule has 0 saturated carbocycles. The molecule has 0 aliphatic rings. The summed E-state index contributed by atoms with van der Waals surface area (Å²) in [6.45, 7) is 4.18. The van der Waals surface area contributed by atoms with Crippen molar-refractivity contribution < 1.29 is 9.90 Å². The zero-order valence-corrected chi connectivity index (χ0v) is 19.2. The van der Waals surface area contributed by atoms with Gasteiger partial charge in [0.2, 0.25) is 0 Å². The van der Waals surface area contributed by atoms with E-state index in [4.69, 9.17) is 10.1 Å². The molecule has 2 heterocycles. The fourth-order valence-electron chi connectivity index (χ4n) is 4.40. The number of aromatic carboxylic acids is 1. The van der Waals surface area contributed by atoms with E-state index >= 15 is 0 Å². The van der Waals surface area contributed by atoms with Crippen LogP contribution in [0.25, 0.3) is 28.0 Å². The van der Waals surface area contributed by atoms with Gasteiger partial charge in [-0.15, -0.1) is 0 Å². The van der Waals surface area contributed by atoms with Gasteiger partial charge in [0.25, 0.3) is 0 Å². The Kier molecular flexibility index (Phi) is 5.68. The third-order valence-electron chi connectivity index (χ3n) is 6.15. The molecule has 0 aliphatic heterocycles. The van der Waals surface area contributed by atoms with E-state index in [2.05, 4.69) is 44.2 Å². The highest BCUT2D eigenvalue weighted by molar-refractivity contribution is 5.96. The Balaban J connectivity index is 1.54. The molecule has 0 radical (unpaired) electrons. The molecule has 34 heavy (non-hydrogen) atoms. The van der Waals surface area contributed by atoms with Gasteiger partial charge < -0.3 is 5.11 Å². The summed E-state index contributed by atoms with van der Waals surface area (Å²) in [5, 5.41) is 14.4. The topological polar surface area (TPSA) is 67.5 Å². The van der Waals surface area contributed by atoms with E-state index in [1.54, 1.807) is 12.1 Å². The molecule has 0 spiro atoms. The van der Waals surface area contributed by atoms with Crippen LogP contribution < -0.4 is 0 Å². The van der Waals surface area contributed by atoms with Gasteiger partial charge in [0.1, 0.15) is 0 Å². The van der Waals surface area contributed by atoms with E-state index in [0.717, 1.165) is 57.0 Å². The Bertz CT molecular complexity index is 1490. The van der Waals surface area contributed by atoms with Gasteiger partial charge in [-0.05, 0) is 42.2 Å². The summed E-state index contributed by atoms with van der Waals surface area (Å²) in [4.78, 5) is 16.6. The number of benzene rings is 3. The van der Waals surface area contributed by atoms with Crippen molar-refractivity contribution >= 4 is 11.6 Å². The molecule has 0 saturated heterocycles. The second kappa shape index (κ2) is 8.94. The largest absolute Gasteiger partial charge is 0.478 e. The molecule has 168 valence electrons. The second-order valence-corrected chi connectivity index (χ2v) is 8.39. The lowest BCUT2D eigenvalue weighted by atomic mass is 9.97. The van der Waals surface area contributed by atoms with Crippen LogP contribution in [0.1, 0.15) is 39.8 Å². The van der Waals surface area contributed by atoms with Crippen LogP contribution in [0.2, 0.25) is 0 Å². The predicted octanol–water partition coefficient (Wildman–Crippen LogP) is 6.22. The lowest BCUT2D eigenvalue weighted by molar-refractivity contribution is 0.0697. The Morgan fingerprint density at radius 1 is 0.912 bits per heavy atom. The van der Waals surface area contributed by atoms with Crippen LogP contribution in [0.5, 0.6) is 0 Å². The molecule has 5 rings (SSSR count). The van der Waals surface area contributed by atoms with Gasteiger partial charge in [0, 0.05) is 23.2 Å². The molecule has 0 unspecified atom stereocenters. The number of hydrogen-bond acceptors (Lipinski definition) is 3. The van der Waals surface area contributed by atoms with Crippen molar-refractivity contribution in [2.45, 2.75) is 26.7 Å². The maximum atomic E-state index is 11.6. The van der Waals surface area contributed by atoms with Gasteiger partial charge >= 0.3 is 5.97 Å². The lowest BCUT2D eigenvalue weighted by Gasteiger charge is -2.09. The molecule has 0 aliphatic carbocycles. The maximum Gasteiger partial charge on any atom is 0.336 e. The van der Waals surface area contributed by atoms with Gasteiger partial charge in [-0.3, -0.25) is 0 Å². The van der Waals surface area contributed by atoms with E-state index in [0.29, 0.717) is 12.0 Å². The smallest absolute Gasteiger partial charge is 0.336 e. The fraction of sp³-hybridized carbons (Fsp3) is 0.138. The third kappa shape index (κ3) is 3.97. The Hall–Kier alpha value is -4.25. The van der Waals surface area contributed by atoms with Crippen molar-refractivity contribution in [2.24, 2.45) is 0 Å². The molecule has 5 aromatic rings. The van der Waals surface area contributed by atoms with E-state index < -0.39 is 5.97 Å². The number of rotatable bonds is 6. The molecular weight excluding hydrogens is 422 g/mol. The van der Waals surface area contributed by atoms with Gasteiger partial charge in [-0.25, -0.2) is 14.3 Å². The van der Waals surface area contributed by atoms with E-state index in [1.165, 1.54) is 0 Å². The van der Waals surface area contributed by atoms with Gasteiger partial charge in [0.05, 0.1) is 17.0 Å². The van der Waals surface area contributed by atoms with Crippen LogP contribution in [-0.2, 0) is 12.8 Å². The molecular formula is C29H25N3O2. The molecule has 5 nitrogen and oxygen atoms in total. The van der Waals surface area contributed by atoms with Crippen LogP contribution in [0, 0.1) is 6.92 Å². The lowest BCUT2D eigenvalue weighted by Crippen LogP contribution is -2.00. The summed E-state index contributed by atoms with van der Waals surface area (Å²) in [5.74, 6) is -0.922. The van der Waals surface area contributed by atoms with Crippen LogP contribution in [0.3, 0.4) is 0 Å². The highest BCUT2D eigenvalue weighted by Gasteiger charge is 2.17. The van der Waals surface area contributed by atoms with Gasteiger partial charge in [-0.1, -0.05) is 79.7 Å². The highest BCUT2D eigenvalue weighted by Crippen LogP contribution is 2.27. The molecule has 0 amide bonds. The van der Waals surface area contributed by atoms with Crippen LogP contribution in [0.4, 0.5) is 0 Å². The van der Waals surface area contributed by atoms with Crippen molar-refractivity contribution in [1.82, 2.24) is 14.6 Å². The maximum absolute atomic E-state index is 11.6. The molecule has 0 bridgehead atoms. The number of carboxylic acids is 1. The Morgan fingerprint density at radius 3 is 2.32 bits per heavy atom. The minimum Gasteiger partial charge on any atom is -0.478 e. The normalized spacial score (nSPS) is 11.1. The Labute approximate surface area is 198 Å². The SMILES string of the molecule is CCc1nn2c(C)cc(-c3ccccc3)nc2c1Cc1ccc(-c2ccccc2C(=O)O)cc1. The molecule has 3 aromatic carbocycles. The molecule has 1 N–H and O–H groups in total. The molecule has 5 heteroatoms. The number of carboxylic acid groups (broad SMARTS) is 1. The van der Waals surface area contributed by atoms with E-state index in [9.17, 15) is 9.90 Å². The van der Waals surface area contributed by atoms with Crippen LogP contribution in [0.15, 0.2) is 84.9 Å². The summed E-state index contributed by atoms with van der Waals surface area (Å²) in [5.41, 5.74) is 9.17. The van der Waals surface area contributed by atoms with Crippen molar-refractivity contribution in [2.75, 3.05) is 0 Å². The zero-order valence-electron chi connectivity index (χ0n) is 19.2.